The van der Waals surface area contributed by atoms with E-state index >= 15 is 0 Å². The standard InChI is InChI=1S/C12H15Cl/c1-3-9-6-11(10-4-5-10)7-12(13)8(9)2/h6-7,10H,3-5H2,1-2H3. The molecule has 0 amide bonds. The van der Waals surface area contributed by atoms with Gasteiger partial charge in [0.25, 0.3) is 0 Å². The Bertz CT molecular complexity index is 324. The third-order valence-electron chi connectivity index (χ3n) is 2.90. The highest BCUT2D eigenvalue weighted by atomic mass is 35.5. The average molecular weight is 195 g/mol. The molecule has 0 aromatic heterocycles. The van der Waals surface area contributed by atoms with Crippen molar-refractivity contribution in [2.24, 2.45) is 0 Å². The van der Waals surface area contributed by atoms with Crippen molar-refractivity contribution in [1.82, 2.24) is 0 Å². The van der Waals surface area contributed by atoms with Gasteiger partial charge in [0.15, 0.2) is 0 Å². The summed E-state index contributed by atoms with van der Waals surface area (Å²) in [6.07, 6.45) is 3.79. The van der Waals surface area contributed by atoms with E-state index in [1.54, 1.807) is 0 Å². The Kier molecular flexibility index (Phi) is 2.33. The molecule has 0 unspecified atom stereocenters. The molecule has 13 heavy (non-hydrogen) atoms. The highest BCUT2D eigenvalue weighted by Gasteiger charge is 2.24. The molecule has 1 aliphatic rings. The van der Waals surface area contributed by atoms with E-state index in [0.29, 0.717) is 0 Å². The Morgan fingerprint density at radius 3 is 2.62 bits per heavy atom. The summed E-state index contributed by atoms with van der Waals surface area (Å²) < 4.78 is 0. The monoisotopic (exact) mass is 194 g/mol. The molecule has 1 aromatic carbocycles. The third kappa shape index (κ3) is 1.73. The minimum atomic E-state index is 0.809. The highest BCUT2D eigenvalue weighted by molar-refractivity contribution is 6.31. The van der Waals surface area contributed by atoms with E-state index in [4.69, 9.17) is 11.6 Å². The van der Waals surface area contributed by atoms with Gasteiger partial charge in [-0.1, -0.05) is 24.6 Å². The molecule has 0 N–H and O–H groups in total. The largest absolute Gasteiger partial charge is 0.0840 e. The molecule has 0 atom stereocenters. The highest BCUT2D eigenvalue weighted by Crippen LogP contribution is 2.41. The molecule has 2 rings (SSSR count). The van der Waals surface area contributed by atoms with Crippen molar-refractivity contribution in [3.05, 3.63) is 33.8 Å². The molecule has 1 saturated carbocycles. The lowest BCUT2D eigenvalue weighted by Crippen LogP contribution is -1.91. The van der Waals surface area contributed by atoms with Crippen LogP contribution in [0.1, 0.15) is 42.4 Å². The van der Waals surface area contributed by atoms with Crippen LogP contribution in [-0.4, -0.2) is 0 Å². The Morgan fingerprint density at radius 1 is 1.38 bits per heavy atom. The summed E-state index contributed by atoms with van der Waals surface area (Å²) in [7, 11) is 0. The van der Waals surface area contributed by atoms with Gasteiger partial charge in [-0.2, -0.15) is 0 Å². The van der Waals surface area contributed by atoms with Gasteiger partial charge in [0.1, 0.15) is 0 Å². The molecule has 0 aliphatic heterocycles. The molecule has 1 fully saturated rings. The summed E-state index contributed by atoms with van der Waals surface area (Å²) >= 11 is 6.17. The SMILES string of the molecule is CCc1cc(C2CC2)cc(Cl)c1C. The van der Waals surface area contributed by atoms with Gasteiger partial charge in [0.2, 0.25) is 0 Å². The number of halogens is 1. The predicted octanol–water partition coefficient (Wildman–Crippen LogP) is 4.09. The summed E-state index contributed by atoms with van der Waals surface area (Å²) in [4.78, 5) is 0. The van der Waals surface area contributed by atoms with Gasteiger partial charge in [-0.15, -0.1) is 0 Å². The Morgan fingerprint density at radius 2 is 2.08 bits per heavy atom. The third-order valence-corrected chi connectivity index (χ3v) is 3.30. The minimum Gasteiger partial charge on any atom is -0.0840 e. The molecule has 0 nitrogen and oxygen atoms in total. The second-order valence-corrected chi connectivity index (χ2v) is 4.32. The quantitative estimate of drug-likeness (QED) is 0.666. The lowest BCUT2D eigenvalue weighted by molar-refractivity contribution is 1.06. The van der Waals surface area contributed by atoms with Crippen LogP contribution in [0.4, 0.5) is 0 Å². The number of hydrogen-bond donors (Lipinski definition) is 0. The molecular weight excluding hydrogens is 180 g/mol. The van der Waals surface area contributed by atoms with Crippen LogP contribution in [0.2, 0.25) is 5.02 Å². The van der Waals surface area contributed by atoms with E-state index < -0.39 is 0 Å². The van der Waals surface area contributed by atoms with Gasteiger partial charge < -0.3 is 0 Å². The maximum atomic E-state index is 6.17. The maximum absolute atomic E-state index is 6.17. The van der Waals surface area contributed by atoms with Crippen molar-refractivity contribution in [2.45, 2.75) is 39.0 Å². The molecule has 1 aliphatic carbocycles. The topological polar surface area (TPSA) is 0 Å². The van der Waals surface area contributed by atoms with Crippen molar-refractivity contribution in [2.75, 3.05) is 0 Å². The number of aryl methyl sites for hydroxylation is 1. The Labute approximate surface area is 84.9 Å². The summed E-state index contributed by atoms with van der Waals surface area (Å²) in [6, 6.07) is 4.48. The first-order valence-corrected chi connectivity index (χ1v) is 5.39. The normalized spacial score (nSPS) is 16.2. The fourth-order valence-corrected chi connectivity index (χ4v) is 2.03. The van der Waals surface area contributed by atoms with E-state index in [2.05, 4.69) is 26.0 Å². The van der Waals surface area contributed by atoms with Crippen LogP contribution in [0.5, 0.6) is 0 Å². The first kappa shape index (κ1) is 9.08. The first-order valence-electron chi connectivity index (χ1n) is 5.01. The van der Waals surface area contributed by atoms with Crippen molar-refractivity contribution in [3.63, 3.8) is 0 Å². The van der Waals surface area contributed by atoms with Gasteiger partial charge in [0.05, 0.1) is 0 Å². The number of hydrogen-bond acceptors (Lipinski definition) is 0. The number of rotatable bonds is 2. The zero-order valence-corrected chi connectivity index (χ0v) is 8.99. The van der Waals surface area contributed by atoms with Crippen molar-refractivity contribution in [3.8, 4) is 0 Å². The Hall–Kier alpha value is -0.490. The van der Waals surface area contributed by atoms with Crippen molar-refractivity contribution < 1.29 is 0 Å². The van der Waals surface area contributed by atoms with E-state index in [0.717, 1.165) is 17.4 Å². The smallest absolute Gasteiger partial charge is 0.0440 e. The molecule has 0 bridgehead atoms. The van der Waals surface area contributed by atoms with Crippen LogP contribution in [0.15, 0.2) is 12.1 Å². The zero-order chi connectivity index (χ0) is 9.42. The van der Waals surface area contributed by atoms with Gasteiger partial charge in [-0.3, -0.25) is 0 Å². The molecule has 0 spiro atoms. The van der Waals surface area contributed by atoms with Crippen molar-refractivity contribution >= 4 is 11.6 Å². The van der Waals surface area contributed by atoms with Crippen LogP contribution < -0.4 is 0 Å². The van der Waals surface area contributed by atoms with Gasteiger partial charge in [-0.05, 0) is 54.9 Å². The average Bonchev–Trinajstić information content (AvgIpc) is 2.92. The second kappa shape index (κ2) is 3.34. The lowest BCUT2D eigenvalue weighted by atomic mass is 10.0. The molecule has 1 aromatic rings. The van der Waals surface area contributed by atoms with Crippen LogP contribution in [0.3, 0.4) is 0 Å². The van der Waals surface area contributed by atoms with E-state index in [1.165, 1.54) is 29.5 Å². The molecular formula is C12H15Cl. The fourth-order valence-electron chi connectivity index (χ4n) is 1.78. The first-order chi connectivity index (χ1) is 6.22. The van der Waals surface area contributed by atoms with Crippen LogP contribution in [-0.2, 0) is 6.42 Å². The molecule has 70 valence electrons. The Balaban J connectivity index is 2.43. The van der Waals surface area contributed by atoms with E-state index in [9.17, 15) is 0 Å². The van der Waals surface area contributed by atoms with Gasteiger partial charge in [-0.25, -0.2) is 0 Å². The maximum Gasteiger partial charge on any atom is 0.0440 e. The lowest BCUT2D eigenvalue weighted by Gasteiger charge is -2.08. The summed E-state index contributed by atoms with van der Waals surface area (Å²) in [5.74, 6) is 0.809. The molecule has 1 heteroatoms. The predicted molar refractivity (Wildman–Crippen MR) is 57.5 cm³/mol. The van der Waals surface area contributed by atoms with E-state index in [1.807, 2.05) is 0 Å². The van der Waals surface area contributed by atoms with E-state index in [-0.39, 0.29) is 0 Å². The van der Waals surface area contributed by atoms with Crippen LogP contribution >= 0.6 is 11.6 Å². The molecule has 0 heterocycles. The zero-order valence-electron chi connectivity index (χ0n) is 8.23. The van der Waals surface area contributed by atoms with Crippen molar-refractivity contribution in [1.29, 1.82) is 0 Å². The fraction of sp³-hybridized carbons (Fsp3) is 0.500. The summed E-state index contributed by atoms with van der Waals surface area (Å²) in [5, 5.41) is 0.946. The second-order valence-electron chi connectivity index (χ2n) is 3.91. The molecule has 0 radical (unpaired) electrons. The summed E-state index contributed by atoms with van der Waals surface area (Å²) in [6.45, 7) is 4.30. The van der Waals surface area contributed by atoms with Gasteiger partial charge >= 0.3 is 0 Å². The van der Waals surface area contributed by atoms with Gasteiger partial charge in [0, 0.05) is 5.02 Å². The number of benzene rings is 1. The van der Waals surface area contributed by atoms with Crippen LogP contribution in [0, 0.1) is 6.92 Å². The summed E-state index contributed by atoms with van der Waals surface area (Å²) in [5.41, 5.74) is 4.12. The minimum absolute atomic E-state index is 0.809. The molecule has 0 saturated heterocycles. The van der Waals surface area contributed by atoms with Crippen LogP contribution in [0.25, 0.3) is 0 Å².